The number of hydrogen-bond acceptors (Lipinski definition) is 4. The van der Waals surface area contributed by atoms with Gasteiger partial charge < -0.3 is 10.8 Å². The van der Waals surface area contributed by atoms with Crippen molar-refractivity contribution < 1.29 is 18.9 Å². The number of carbonyl (C=O) groups is 2. The van der Waals surface area contributed by atoms with Crippen LogP contribution in [-0.2, 0) is 26.8 Å². The Balaban J connectivity index is 2.71. The SMILES string of the molecule is CC(=O)CS(=O)c1ccc(C[C@H](N)C(=O)O)cc1. The number of carboxylic acid groups (broad SMARTS) is 1. The lowest BCUT2D eigenvalue weighted by Crippen LogP contribution is -2.32. The molecule has 5 nitrogen and oxygen atoms in total. The van der Waals surface area contributed by atoms with Gasteiger partial charge in [0.25, 0.3) is 0 Å². The molecule has 6 heteroatoms. The molecule has 1 aromatic carbocycles. The van der Waals surface area contributed by atoms with Gasteiger partial charge in [0.1, 0.15) is 11.8 Å². The molecule has 0 aliphatic heterocycles. The van der Waals surface area contributed by atoms with Crippen molar-refractivity contribution in [3.05, 3.63) is 29.8 Å². The molecule has 0 amide bonds. The number of Topliss-reactive ketones (excluding diaryl/α,β-unsaturated/α-hetero) is 1. The van der Waals surface area contributed by atoms with Crippen molar-refractivity contribution in [3.63, 3.8) is 0 Å². The summed E-state index contributed by atoms with van der Waals surface area (Å²) in [7, 11) is -1.34. The molecule has 0 aliphatic carbocycles. The minimum absolute atomic E-state index is 0.00597. The average molecular weight is 269 g/mol. The van der Waals surface area contributed by atoms with Crippen molar-refractivity contribution in [1.29, 1.82) is 0 Å². The van der Waals surface area contributed by atoms with Gasteiger partial charge in [0.2, 0.25) is 0 Å². The van der Waals surface area contributed by atoms with Gasteiger partial charge in [0.05, 0.1) is 16.6 Å². The van der Waals surface area contributed by atoms with Gasteiger partial charge >= 0.3 is 5.97 Å². The summed E-state index contributed by atoms with van der Waals surface area (Å²) in [5.74, 6) is -1.20. The summed E-state index contributed by atoms with van der Waals surface area (Å²) in [5, 5.41) is 8.67. The summed E-state index contributed by atoms with van der Waals surface area (Å²) >= 11 is 0. The fourth-order valence-corrected chi connectivity index (χ4v) is 2.36. The number of nitrogens with two attached hydrogens (primary N) is 1. The van der Waals surface area contributed by atoms with Crippen LogP contribution in [0, 0.1) is 0 Å². The molecule has 18 heavy (non-hydrogen) atoms. The highest BCUT2D eigenvalue weighted by atomic mass is 32.2. The Morgan fingerprint density at radius 1 is 1.33 bits per heavy atom. The second-order valence-electron chi connectivity index (χ2n) is 3.98. The van der Waals surface area contributed by atoms with Crippen molar-refractivity contribution >= 4 is 22.6 Å². The van der Waals surface area contributed by atoms with E-state index in [0.29, 0.717) is 4.90 Å². The van der Waals surface area contributed by atoms with Crippen molar-refractivity contribution in [2.24, 2.45) is 5.73 Å². The van der Waals surface area contributed by atoms with Crippen LogP contribution in [0.2, 0.25) is 0 Å². The maximum absolute atomic E-state index is 11.7. The Labute approximate surface area is 107 Å². The smallest absolute Gasteiger partial charge is 0.320 e. The summed E-state index contributed by atoms with van der Waals surface area (Å²) in [6, 6.07) is 5.66. The van der Waals surface area contributed by atoms with Crippen molar-refractivity contribution in [1.82, 2.24) is 0 Å². The number of hydrogen-bond donors (Lipinski definition) is 2. The zero-order valence-electron chi connectivity index (χ0n) is 9.96. The van der Waals surface area contributed by atoms with Crippen LogP contribution < -0.4 is 5.73 Å². The fraction of sp³-hybridized carbons (Fsp3) is 0.333. The zero-order valence-corrected chi connectivity index (χ0v) is 10.8. The number of aliphatic carboxylic acids is 1. The molecule has 0 fully saturated rings. The lowest BCUT2D eigenvalue weighted by Gasteiger charge is -2.07. The molecule has 98 valence electrons. The van der Waals surface area contributed by atoms with Crippen LogP contribution in [-0.4, -0.2) is 32.9 Å². The minimum Gasteiger partial charge on any atom is -0.480 e. The molecule has 1 unspecified atom stereocenters. The third-order valence-electron chi connectivity index (χ3n) is 2.29. The van der Waals surface area contributed by atoms with Gasteiger partial charge in [-0.2, -0.15) is 0 Å². The monoisotopic (exact) mass is 269 g/mol. The normalized spacial score (nSPS) is 13.9. The number of benzene rings is 1. The van der Waals surface area contributed by atoms with E-state index in [-0.39, 0.29) is 18.0 Å². The summed E-state index contributed by atoms with van der Waals surface area (Å²) in [6.45, 7) is 1.39. The molecule has 1 rings (SSSR count). The molecule has 0 radical (unpaired) electrons. The number of carboxylic acids is 1. The summed E-state index contributed by atoms with van der Waals surface area (Å²) in [5.41, 5.74) is 6.17. The highest BCUT2D eigenvalue weighted by molar-refractivity contribution is 7.85. The van der Waals surface area contributed by atoms with E-state index in [1.54, 1.807) is 24.3 Å². The van der Waals surface area contributed by atoms with E-state index in [1.165, 1.54) is 6.92 Å². The first-order chi connectivity index (χ1) is 8.40. The standard InChI is InChI=1S/C12H15NO4S/c1-8(14)7-18(17)10-4-2-9(3-5-10)6-11(13)12(15)16/h2-5,11H,6-7,13H2,1H3,(H,15,16)/t11-,18?/m0/s1. The van der Waals surface area contributed by atoms with Gasteiger partial charge in [-0.25, -0.2) is 0 Å². The van der Waals surface area contributed by atoms with Crippen LogP contribution in [0.1, 0.15) is 12.5 Å². The van der Waals surface area contributed by atoms with Gasteiger partial charge in [-0.1, -0.05) is 12.1 Å². The van der Waals surface area contributed by atoms with Gasteiger partial charge in [-0.05, 0) is 31.0 Å². The average Bonchev–Trinajstić information content (AvgIpc) is 2.28. The van der Waals surface area contributed by atoms with E-state index in [0.717, 1.165) is 5.56 Å². The molecule has 0 spiro atoms. The molecule has 1 aromatic rings. The molecule has 0 saturated heterocycles. The molecule has 0 aromatic heterocycles. The van der Waals surface area contributed by atoms with Crippen molar-refractivity contribution in [3.8, 4) is 0 Å². The molecular formula is C12H15NO4S. The predicted octanol–water partition coefficient (Wildman–Crippen LogP) is 0.338. The quantitative estimate of drug-likeness (QED) is 0.776. The van der Waals surface area contributed by atoms with Crippen LogP contribution in [0.4, 0.5) is 0 Å². The Hall–Kier alpha value is -1.53. The van der Waals surface area contributed by atoms with E-state index in [1.807, 2.05) is 0 Å². The number of ketones is 1. The first kappa shape index (κ1) is 14.5. The minimum atomic E-state index is -1.34. The second-order valence-corrected chi connectivity index (χ2v) is 5.44. The second kappa shape index (κ2) is 6.42. The first-order valence-corrected chi connectivity index (χ1v) is 6.67. The molecule has 0 bridgehead atoms. The maximum Gasteiger partial charge on any atom is 0.320 e. The molecule has 0 aliphatic rings. The molecule has 3 N–H and O–H groups in total. The molecule has 2 atom stereocenters. The van der Waals surface area contributed by atoms with Gasteiger partial charge in [-0.15, -0.1) is 0 Å². The summed E-state index contributed by atoms with van der Waals surface area (Å²) < 4.78 is 11.7. The van der Waals surface area contributed by atoms with Crippen LogP contribution >= 0.6 is 0 Å². The Kier molecular flexibility index (Phi) is 5.18. The Bertz CT molecular complexity index is 469. The molecule has 0 saturated carbocycles. The highest BCUT2D eigenvalue weighted by Crippen LogP contribution is 2.10. The topological polar surface area (TPSA) is 97.5 Å². The predicted molar refractivity (Wildman–Crippen MR) is 67.7 cm³/mol. The molecule has 0 heterocycles. The number of rotatable bonds is 6. The van der Waals surface area contributed by atoms with Crippen molar-refractivity contribution in [2.45, 2.75) is 24.3 Å². The van der Waals surface area contributed by atoms with E-state index in [2.05, 4.69) is 0 Å². The maximum atomic E-state index is 11.7. The largest absolute Gasteiger partial charge is 0.480 e. The molecular weight excluding hydrogens is 254 g/mol. The lowest BCUT2D eigenvalue weighted by atomic mass is 10.1. The summed E-state index contributed by atoms with van der Waals surface area (Å²) in [6.07, 6.45) is 0.217. The zero-order chi connectivity index (χ0) is 13.7. The Morgan fingerprint density at radius 2 is 1.89 bits per heavy atom. The van der Waals surface area contributed by atoms with Gasteiger partial charge in [0.15, 0.2) is 0 Å². The van der Waals surface area contributed by atoms with Crippen molar-refractivity contribution in [2.75, 3.05) is 5.75 Å². The van der Waals surface area contributed by atoms with E-state index in [9.17, 15) is 13.8 Å². The van der Waals surface area contributed by atoms with Gasteiger partial charge in [0, 0.05) is 4.90 Å². The van der Waals surface area contributed by atoms with Gasteiger partial charge in [-0.3, -0.25) is 13.8 Å². The number of carbonyl (C=O) groups excluding carboxylic acids is 1. The summed E-state index contributed by atoms with van der Waals surface area (Å²) in [4.78, 5) is 22.0. The first-order valence-electron chi connectivity index (χ1n) is 5.35. The van der Waals surface area contributed by atoms with E-state index < -0.39 is 22.8 Å². The fourth-order valence-electron chi connectivity index (χ4n) is 1.39. The van der Waals surface area contributed by atoms with Crippen LogP contribution in [0.25, 0.3) is 0 Å². The van der Waals surface area contributed by atoms with Crippen LogP contribution in [0.5, 0.6) is 0 Å². The highest BCUT2D eigenvalue weighted by Gasteiger charge is 2.12. The van der Waals surface area contributed by atoms with E-state index in [4.69, 9.17) is 10.8 Å². The third kappa shape index (κ3) is 4.38. The lowest BCUT2D eigenvalue weighted by molar-refractivity contribution is -0.138. The van der Waals surface area contributed by atoms with Crippen LogP contribution in [0.3, 0.4) is 0 Å². The van der Waals surface area contributed by atoms with E-state index >= 15 is 0 Å². The third-order valence-corrected chi connectivity index (χ3v) is 3.76. The Morgan fingerprint density at radius 3 is 2.33 bits per heavy atom. The van der Waals surface area contributed by atoms with Crippen LogP contribution in [0.15, 0.2) is 29.2 Å².